The molecule has 14 heavy (non-hydrogen) atoms. The number of halogens is 6. The number of rotatable bonds is 1. The molecule has 0 atom stereocenters. The van der Waals surface area contributed by atoms with Crippen molar-refractivity contribution in [3.05, 3.63) is 28.2 Å². The third-order valence-corrected chi connectivity index (χ3v) is 2.05. The van der Waals surface area contributed by atoms with Crippen LogP contribution in [0.25, 0.3) is 0 Å². The first-order valence-corrected chi connectivity index (χ1v) is 5.12. The molecule has 0 spiro atoms. The SMILES string of the molecule is Fc1cc(Br)c(OC(Cl)(Cl)Cl)cc1F. The Morgan fingerprint density at radius 1 is 1.14 bits per heavy atom. The Morgan fingerprint density at radius 2 is 1.64 bits per heavy atom. The van der Waals surface area contributed by atoms with Gasteiger partial charge in [-0.2, -0.15) is 0 Å². The lowest BCUT2D eigenvalue weighted by molar-refractivity contribution is 0.315. The fourth-order valence-corrected chi connectivity index (χ4v) is 1.35. The van der Waals surface area contributed by atoms with Gasteiger partial charge in [-0.15, -0.1) is 0 Å². The lowest BCUT2D eigenvalue weighted by atomic mass is 10.3. The lowest BCUT2D eigenvalue weighted by Crippen LogP contribution is -2.13. The van der Waals surface area contributed by atoms with Crippen molar-refractivity contribution in [3.63, 3.8) is 0 Å². The summed E-state index contributed by atoms with van der Waals surface area (Å²) in [4.78, 5) is 0. The van der Waals surface area contributed by atoms with E-state index < -0.39 is 15.6 Å². The van der Waals surface area contributed by atoms with E-state index in [1.807, 2.05) is 0 Å². The van der Waals surface area contributed by atoms with Crippen LogP contribution in [-0.2, 0) is 0 Å². The maximum Gasteiger partial charge on any atom is 0.338 e. The quantitative estimate of drug-likeness (QED) is 0.548. The second-order valence-corrected chi connectivity index (χ2v) is 5.28. The summed E-state index contributed by atoms with van der Waals surface area (Å²) in [5.41, 5.74) is 0. The van der Waals surface area contributed by atoms with E-state index in [2.05, 4.69) is 15.9 Å². The summed E-state index contributed by atoms with van der Waals surface area (Å²) in [6.07, 6.45) is 0. The minimum Gasteiger partial charge on any atom is -0.444 e. The van der Waals surface area contributed by atoms with E-state index in [1.54, 1.807) is 0 Å². The van der Waals surface area contributed by atoms with Crippen LogP contribution in [0.3, 0.4) is 0 Å². The van der Waals surface area contributed by atoms with E-state index in [0.29, 0.717) is 0 Å². The molecule has 1 rings (SSSR count). The Kier molecular flexibility index (Phi) is 3.86. The number of hydrogen-bond donors (Lipinski definition) is 0. The molecule has 0 fully saturated rings. The highest BCUT2D eigenvalue weighted by atomic mass is 79.9. The van der Waals surface area contributed by atoms with Crippen LogP contribution in [0.4, 0.5) is 8.78 Å². The molecule has 0 radical (unpaired) electrons. The zero-order chi connectivity index (χ0) is 10.9. The van der Waals surface area contributed by atoms with Gasteiger partial charge in [0.2, 0.25) is 0 Å². The fourth-order valence-electron chi connectivity index (χ4n) is 0.707. The van der Waals surface area contributed by atoms with E-state index in [9.17, 15) is 8.78 Å². The summed E-state index contributed by atoms with van der Waals surface area (Å²) in [6.45, 7) is 0. The highest BCUT2D eigenvalue weighted by Crippen LogP contribution is 2.35. The van der Waals surface area contributed by atoms with Crippen LogP contribution in [-0.4, -0.2) is 3.98 Å². The van der Waals surface area contributed by atoms with Crippen molar-refractivity contribution in [1.29, 1.82) is 0 Å². The maximum atomic E-state index is 12.7. The minimum atomic E-state index is -2.02. The summed E-state index contributed by atoms with van der Waals surface area (Å²) in [5.74, 6) is -2.20. The summed E-state index contributed by atoms with van der Waals surface area (Å²) in [6, 6.07) is 1.66. The van der Waals surface area contributed by atoms with Crippen LogP contribution in [0, 0.1) is 11.6 Å². The predicted octanol–water partition coefficient (Wildman–Crippen LogP) is 4.43. The normalized spacial score (nSPS) is 11.6. The average molecular weight is 326 g/mol. The van der Waals surface area contributed by atoms with Crippen molar-refractivity contribution in [3.8, 4) is 5.75 Å². The summed E-state index contributed by atoms with van der Waals surface area (Å²) >= 11 is 18.8. The van der Waals surface area contributed by atoms with Crippen LogP contribution >= 0.6 is 50.7 Å². The van der Waals surface area contributed by atoms with Crippen LogP contribution in [0.5, 0.6) is 5.75 Å². The van der Waals surface area contributed by atoms with Crippen molar-refractivity contribution < 1.29 is 13.5 Å². The average Bonchev–Trinajstić information content (AvgIpc) is 1.97. The summed E-state index contributed by atoms with van der Waals surface area (Å²) in [7, 11) is 0. The molecule has 1 aromatic carbocycles. The van der Waals surface area contributed by atoms with Crippen LogP contribution < -0.4 is 4.74 Å². The molecule has 0 aliphatic rings. The molecule has 0 heterocycles. The van der Waals surface area contributed by atoms with Crippen molar-refractivity contribution in [2.45, 2.75) is 3.98 Å². The smallest absolute Gasteiger partial charge is 0.338 e. The van der Waals surface area contributed by atoms with E-state index in [4.69, 9.17) is 39.5 Å². The Labute approximate surface area is 102 Å². The maximum absolute atomic E-state index is 12.7. The lowest BCUT2D eigenvalue weighted by Gasteiger charge is -2.14. The molecule has 0 bridgehead atoms. The van der Waals surface area contributed by atoms with Gasteiger partial charge in [0.1, 0.15) is 5.75 Å². The standard InChI is InChI=1S/C7H2BrCl3F2O/c8-3-1-4(12)5(13)2-6(3)14-7(9,10)11/h1-2H. The Morgan fingerprint density at radius 3 is 2.14 bits per heavy atom. The summed E-state index contributed by atoms with van der Waals surface area (Å²) < 4.78 is 28.2. The Balaban J connectivity index is 3.04. The molecule has 0 aliphatic heterocycles. The zero-order valence-electron chi connectivity index (χ0n) is 6.33. The van der Waals surface area contributed by atoms with Gasteiger partial charge in [-0.25, -0.2) is 8.78 Å². The first-order valence-electron chi connectivity index (χ1n) is 3.20. The molecule has 7 heteroatoms. The molecule has 1 nitrogen and oxygen atoms in total. The van der Waals surface area contributed by atoms with E-state index in [-0.39, 0.29) is 10.2 Å². The number of alkyl halides is 3. The van der Waals surface area contributed by atoms with Gasteiger partial charge in [-0.3, -0.25) is 0 Å². The first kappa shape index (κ1) is 12.3. The van der Waals surface area contributed by atoms with Crippen LogP contribution in [0.15, 0.2) is 16.6 Å². The highest BCUT2D eigenvalue weighted by Gasteiger charge is 2.24. The molecule has 0 aromatic heterocycles. The van der Waals surface area contributed by atoms with Crippen molar-refractivity contribution in [2.75, 3.05) is 0 Å². The second-order valence-electron chi connectivity index (χ2n) is 2.24. The van der Waals surface area contributed by atoms with Crippen molar-refractivity contribution in [2.24, 2.45) is 0 Å². The second kappa shape index (κ2) is 4.39. The minimum absolute atomic E-state index is 0.0936. The topological polar surface area (TPSA) is 9.23 Å². The summed E-state index contributed by atoms with van der Waals surface area (Å²) in [5, 5.41) is 0. The fraction of sp³-hybridized carbons (Fsp3) is 0.143. The first-order chi connectivity index (χ1) is 6.29. The third-order valence-electron chi connectivity index (χ3n) is 1.20. The third kappa shape index (κ3) is 3.42. The molecule has 78 valence electrons. The Hall–Kier alpha value is 0.230. The largest absolute Gasteiger partial charge is 0.444 e. The molecule has 0 N–H and O–H groups in total. The Bertz CT molecular complexity index is 354. The molecule has 0 amide bonds. The van der Waals surface area contributed by atoms with Gasteiger partial charge in [0, 0.05) is 6.07 Å². The number of hydrogen-bond acceptors (Lipinski definition) is 1. The van der Waals surface area contributed by atoms with Crippen LogP contribution in [0.1, 0.15) is 0 Å². The van der Waals surface area contributed by atoms with E-state index >= 15 is 0 Å². The molecular weight excluding hydrogens is 324 g/mol. The highest BCUT2D eigenvalue weighted by molar-refractivity contribution is 9.10. The van der Waals surface area contributed by atoms with Gasteiger partial charge in [-0.05, 0) is 56.8 Å². The molecule has 0 aliphatic carbocycles. The van der Waals surface area contributed by atoms with Crippen molar-refractivity contribution >= 4 is 50.7 Å². The molecule has 1 aromatic rings. The van der Waals surface area contributed by atoms with E-state index in [0.717, 1.165) is 12.1 Å². The molecule has 0 saturated carbocycles. The number of ether oxygens (including phenoxy) is 1. The molecular formula is C7H2BrCl3F2O. The zero-order valence-corrected chi connectivity index (χ0v) is 10.2. The van der Waals surface area contributed by atoms with Crippen LogP contribution in [0.2, 0.25) is 0 Å². The predicted molar refractivity (Wildman–Crippen MR) is 55.0 cm³/mol. The van der Waals surface area contributed by atoms with Gasteiger partial charge < -0.3 is 4.74 Å². The number of benzene rings is 1. The van der Waals surface area contributed by atoms with Gasteiger partial charge in [0.25, 0.3) is 0 Å². The van der Waals surface area contributed by atoms with E-state index in [1.165, 1.54) is 0 Å². The van der Waals surface area contributed by atoms with Gasteiger partial charge in [-0.1, -0.05) is 0 Å². The monoisotopic (exact) mass is 324 g/mol. The van der Waals surface area contributed by atoms with Gasteiger partial charge >= 0.3 is 3.98 Å². The van der Waals surface area contributed by atoms with Gasteiger partial charge in [0.15, 0.2) is 11.6 Å². The van der Waals surface area contributed by atoms with Crippen molar-refractivity contribution in [1.82, 2.24) is 0 Å². The molecule has 0 saturated heterocycles. The molecule has 0 unspecified atom stereocenters. The van der Waals surface area contributed by atoms with Gasteiger partial charge in [0.05, 0.1) is 4.47 Å².